The van der Waals surface area contributed by atoms with Crippen LogP contribution in [-0.4, -0.2) is 42.6 Å². The third kappa shape index (κ3) is 3.89. The quantitative estimate of drug-likeness (QED) is 0.617. The lowest BCUT2D eigenvalue weighted by Gasteiger charge is -2.09. The van der Waals surface area contributed by atoms with E-state index in [0.717, 1.165) is 13.0 Å². The van der Waals surface area contributed by atoms with Gasteiger partial charge < -0.3 is 14.8 Å². The van der Waals surface area contributed by atoms with E-state index in [-0.39, 0.29) is 5.91 Å². The van der Waals surface area contributed by atoms with Crippen molar-refractivity contribution in [3.63, 3.8) is 0 Å². The van der Waals surface area contributed by atoms with E-state index in [4.69, 9.17) is 5.39 Å². The fourth-order valence-corrected chi connectivity index (χ4v) is 1.52. The SMILES string of the molecule is CN(C)CCCNC(=O)c1cc([N+]#N)cn1C. The zero-order valence-electron chi connectivity index (χ0n) is 10.5. The molecule has 0 spiro atoms. The van der Waals surface area contributed by atoms with Gasteiger partial charge in [0.15, 0.2) is 4.98 Å². The van der Waals surface area contributed by atoms with Crippen LogP contribution in [0, 0.1) is 5.39 Å². The van der Waals surface area contributed by atoms with Crippen LogP contribution in [0.5, 0.6) is 0 Å². The van der Waals surface area contributed by atoms with E-state index < -0.39 is 0 Å². The number of hydrogen-bond donors (Lipinski definition) is 1. The van der Waals surface area contributed by atoms with Gasteiger partial charge in [-0.05, 0) is 27.1 Å². The summed E-state index contributed by atoms with van der Waals surface area (Å²) in [5.74, 6) is -0.152. The highest BCUT2D eigenvalue weighted by atomic mass is 16.1. The van der Waals surface area contributed by atoms with Gasteiger partial charge in [0.1, 0.15) is 11.9 Å². The number of aryl methyl sites for hydroxylation is 1. The molecule has 0 saturated heterocycles. The Balaban J connectivity index is 2.47. The molecule has 0 saturated carbocycles. The minimum Gasteiger partial charge on any atom is -0.351 e. The minimum absolute atomic E-state index is 0.152. The first-order valence-corrected chi connectivity index (χ1v) is 5.49. The Hall–Kier alpha value is -1.87. The van der Waals surface area contributed by atoms with Gasteiger partial charge in [-0.15, -0.1) is 0 Å². The van der Waals surface area contributed by atoms with E-state index in [1.54, 1.807) is 23.9 Å². The number of rotatable bonds is 5. The average Bonchev–Trinajstić information content (AvgIpc) is 2.65. The van der Waals surface area contributed by atoms with Gasteiger partial charge in [0, 0.05) is 13.6 Å². The summed E-state index contributed by atoms with van der Waals surface area (Å²) in [6.07, 6.45) is 2.50. The number of hydrogen-bond acceptors (Lipinski definition) is 3. The molecule has 1 amide bonds. The Labute approximate surface area is 101 Å². The van der Waals surface area contributed by atoms with Crippen LogP contribution >= 0.6 is 0 Å². The van der Waals surface area contributed by atoms with Crippen LogP contribution in [0.15, 0.2) is 12.3 Å². The maximum Gasteiger partial charge on any atom is 0.403 e. The highest BCUT2D eigenvalue weighted by Crippen LogP contribution is 2.15. The summed E-state index contributed by atoms with van der Waals surface area (Å²) in [5, 5.41) is 11.4. The molecule has 1 N–H and O–H groups in total. The van der Waals surface area contributed by atoms with E-state index in [0.29, 0.717) is 17.9 Å². The lowest BCUT2D eigenvalue weighted by molar-refractivity contribution is 0.0944. The van der Waals surface area contributed by atoms with Crippen LogP contribution < -0.4 is 5.32 Å². The molecule has 0 fully saturated rings. The zero-order valence-corrected chi connectivity index (χ0v) is 10.5. The Bertz CT molecular complexity index is 430. The molecule has 0 radical (unpaired) electrons. The highest BCUT2D eigenvalue weighted by molar-refractivity contribution is 5.93. The topological polar surface area (TPSA) is 65.4 Å². The predicted molar refractivity (Wildman–Crippen MR) is 65.7 cm³/mol. The normalized spacial score (nSPS) is 10.3. The molecule has 0 bridgehead atoms. The first-order valence-electron chi connectivity index (χ1n) is 5.49. The molecular weight excluding hydrogens is 218 g/mol. The van der Waals surface area contributed by atoms with Crippen LogP contribution in [0.2, 0.25) is 0 Å². The predicted octanol–water partition coefficient (Wildman–Crippen LogP) is 1.19. The van der Waals surface area contributed by atoms with Gasteiger partial charge in [-0.3, -0.25) is 4.79 Å². The third-order valence-corrected chi connectivity index (χ3v) is 2.41. The molecule has 92 valence electrons. The molecule has 17 heavy (non-hydrogen) atoms. The number of nitrogens with zero attached hydrogens (tertiary/aromatic N) is 4. The number of carbonyl (C=O) groups is 1. The molecule has 0 atom stereocenters. The van der Waals surface area contributed by atoms with Gasteiger partial charge in [-0.1, -0.05) is 0 Å². The van der Waals surface area contributed by atoms with Gasteiger partial charge >= 0.3 is 5.69 Å². The number of nitrogens with one attached hydrogen (secondary N) is 1. The first kappa shape index (κ1) is 13.2. The van der Waals surface area contributed by atoms with Crippen molar-refractivity contribution in [2.24, 2.45) is 7.05 Å². The molecule has 0 aliphatic carbocycles. The second kappa shape index (κ2) is 6.01. The number of carbonyl (C=O) groups excluding carboxylic acids is 1. The van der Waals surface area contributed by atoms with Crippen LogP contribution in [0.25, 0.3) is 4.98 Å². The van der Waals surface area contributed by atoms with Crippen molar-refractivity contribution in [1.29, 1.82) is 5.39 Å². The number of amides is 1. The molecule has 1 aromatic rings. The van der Waals surface area contributed by atoms with E-state index in [1.165, 1.54) is 0 Å². The Morgan fingerprint density at radius 2 is 2.29 bits per heavy atom. The summed E-state index contributed by atoms with van der Waals surface area (Å²) in [6.45, 7) is 1.57. The van der Waals surface area contributed by atoms with E-state index in [9.17, 15) is 4.79 Å². The van der Waals surface area contributed by atoms with Crippen LogP contribution in [-0.2, 0) is 7.05 Å². The minimum atomic E-state index is -0.152. The third-order valence-electron chi connectivity index (χ3n) is 2.41. The lowest BCUT2D eigenvalue weighted by atomic mass is 10.3. The molecule has 1 heterocycles. The molecule has 6 heteroatoms. The Morgan fingerprint density at radius 1 is 1.59 bits per heavy atom. The van der Waals surface area contributed by atoms with Crippen LogP contribution in [0.4, 0.5) is 5.69 Å². The van der Waals surface area contributed by atoms with Gasteiger partial charge in [-0.25, -0.2) is 0 Å². The first-order chi connectivity index (χ1) is 8.04. The highest BCUT2D eigenvalue weighted by Gasteiger charge is 2.16. The molecule has 0 aliphatic rings. The van der Waals surface area contributed by atoms with Crippen molar-refractivity contribution in [2.75, 3.05) is 27.2 Å². The van der Waals surface area contributed by atoms with Crippen molar-refractivity contribution in [3.05, 3.63) is 22.9 Å². The van der Waals surface area contributed by atoms with Gasteiger partial charge in [0.25, 0.3) is 5.91 Å². The molecule has 0 aliphatic heterocycles. The summed E-state index contributed by atoms with van der Waals surface area (Å²) in [7, 11) is 5.73. The smallest absolute Gasteiger partial charge is 0.351 e. The van der Waals surface area contributed by atoms with Crippen molar-refractivity contribution >= 4 is 11.6 Å². The molecule has 1 aromatic heterocycles. The molecule has 1 rings (SSSR count). The van der Waals surface area contributed by atoms with E-state index in [1.807, 2.05) is 14.1 Å². The van der Waals surface area contributed by atoms with Crippen LogP contribution in [0.1, 0.15) is 16.9 Å². The largest absolute Gasteiger partial charge is 0.403 e. The molecular formula is C11H18N5O+. The molecule has 0 unspecified atom stereocenters. The lowest BCUT2D eigenvalue weighted by Crippen LogP contribution is -2.28. The van der Waals surface area contributed by atoms with Crippen LogP contribution in [0.3, 0.4) is 0 Å². The van der Waals surface area contributed by atoms with E-state index in [2.05, 4.69) is 15.2 Å². The van der Waals surface area contributed by atoms with Crippen molar-refractivity contribution in [3.8, 4) is 0 Å². The second-order valence-electron chi connectivity index (χ2n) is 4.21. The standard InChI is InChI=1S/C11H17N5O/c1-15(2)6-4-5-13-11(17)10-7-9(14-12)8-16(10)3/h7-8H,4-6H2,1-3H3/p+1. The molecule has 6 nitrogen and oxygen atoms in total. The van der Waals surface area contributed by atoms with Gasteiger partial charge in [-0.2, -0.15) is 0 Å². The molecule has 0 aromatic carbocycles. The zero-order chi connectivity index (χ0) is 12.8. The Kier molecular flexibility index (Phi) is 4.67. The fraction of sp³-hybridized carbons (Fsp3) is 0.545. The van der Waals surface area contributed by atoms with Crippen molar-refractivity contribution < 1.29 is 4.79 Å². The summed E-state index contributed by atoms with van der Waals surface area (Å²) >= 11 is 0. The summed E-state index contributed by atoms with van der Waals surface area (Å²) < 4.78 is 1.64. The van der Waals surface area contributed by atoms with Gasteiger partial charge in [0.05, 0.1) is 6.07 Å². The number of diazo groups is 1. The maximum atomic E-state index is 11.8. The van der Waals surface area contributed by atoms with Gasteiger partial charge in [0.2, 0.25) is 5.39 Å². The maximum absolute atomic E-state index is 11.8. The van der Waals surface area contributed by atoms with Crippen molar-refractivity contribution in [2.45, 2.75) is 6.42 Å². The summed E-state index contributed by atoms with van der Waals surface area (Å²) in [5.41, 5.74) is 0.869. The monoisotopic (exact) mass is 236 g/mol. The Morgan fingerprint density at radius 3 is 2.82 bits per heavy atom. The second-order valence-corrected chi connectivity index (χ2v) is 4.21. The fourth-order valence-electron chi connectivity index (χ4n) is 1.52. The summed E-state index contributed by atoms with van der Waals surface area (Å²) in [4.78, 5) is 16.9. The van der Waals surface area contributed by atoms with Crippen molar-refractivity contribution in [1.82, 2.24) is 14.8 Å². The van der Waals surface area contributed by atoms with E-state index >= 15 is 0 Å². The summed E-state index contributed by atoms with van der Waals surface area (Å²) in [6, 6.07) is 1.54. The average molecular weight is 236 g/mol. The number of aromatic nitrogens is 1.